The second kappa shape index (κ2) is 13.5. The lowest BCUT2D eigenvalue weighted by Crippen LogP contribution is -2.65. The number of amides is 1. The molecule has 2 aliphatic heterocycles. The number of aliphatic carboxylic acids is 1. The van der Waals surface area contributed by atoms with Gasteiger partial charge in [-0.3, -0.25) is 4.79 Å². The Morgan fingerprint density at radius 2 is 1.91 bits per heavy atom. The van der Waals surface area contributed by atoms with E-state index in [2.05, 4.69) is 28.4 Å². The summed E-state index contributed by atoms with van der Waals surface area (Å²) in [5, 5.41) is 21.9. The zero-order valence-corrected chi connectivity index (χ0v) is 25.1. The summed E-state index contributed by atoms with van der Waals surface area (Å²) >= 11 is 0. The number of halogens is 3. The highest BCUT2D eigenvalue weighted by atomic mass is 19.4. The van der Waals surface area contributed by atoms with Crippen LogP contribution in [0, 0.1) is 0 Å². The Morgan fingerprint density at radius 3 is 2.52 bits per heavy atom. The average Bonchev–Trinajstić information content (AvgIpc) is 3.44. The van der Waals surface area contributed by atoms with Crippen LogP contribution in [0.25, 0.3) is 5.65 Å². The van der Waals surface area contributed by atoms with E-state index in [1.165, 1.54) is 11.1 Å². The van der Waals surface area contributed by atoms with E-state index in [1.54, 1.807) is 25.3 Å². The van der Waals surface area contributed by atoms with E-state index in [0.717, 1.165) is 30.8 Å². The van der Waals surface area contributed by atoms with Crippen molar-refractivity contribution in [1.82, 2.24) is 19.6 Å². The van der Waals surface area contributed by atoms with Gasteiger partial charge in [-0.25, -0.2) is 9.78 Å². The molecule has 44 heavy (non-hydrogen) atoms. The van der Waals surface area contributed by atoms with Crippen molar-refractivity contribution >= 4 is 23.2 Å². The maximum absolute atomic E-state index is 13.6. The molecule has 1 unspecified atom stereocenters. The summed E-state index contributed by atoms with van der Waals surface area (Å²) in [5.74, 6) is -2.92. The lowest BCUT2D eigenvalue weighted by Gasteiger charge is -2.48. The number of pyridine rings is 1. The van der Waals surface area contributed by atoms with E-state index in [9.17, 15) is 23.1 Å². The number of β-amino-alcohol motifs (C(OH)–C–C–N with tert-alkyl or cyclic N) is 1. The van der Waals surface area contributed by atoms with E-state index in [1.807, 2.05) is 36.7 Å². The van der Waals surface area contributed by atoms with Crippen molar-refractivity contribution in [3.63, 3.8) is 0 Å². The van der Waals surface area contributed by atoms with Crippen LogP contribution in [-0.4, -0.2) is 102 Å². The molecule has 11 nitrogen and oxygen atoms in total. The molecule has 3 atom stereocenters. The average molecular weight is 622 g/mol. The van der Waals surface area contributed by atoms with E-state index < -0.39 is 23.8 Å². The van der Waals surface area contributed by atoms with Gasteiger partial charge in [0.2, 0.25) is 0 Å². The van der Waals surface area contributed by atoms with Crippen LogP contribution in [0.3, 0.4) is 0 Å². The van der Waals surface area contributed by atoms with Gasteiger partial charge in [0.1, 0.15) is 11.3 Å². The molecule has 3 N–H and O–H groups in total. The number of nitrogens with one attached hydrogen (secondary N) is 1. The smallest absolute Gasteiger partial charge is 0.475 e. The summed E-state index contributed by atoms with van der Waals surface area (Å²) in [6, 6.07) is 10.4. The fourth-order valence-electron chi connectivity index (χ4n) is 5.52. The number of aromatic nitrogens is 2. The number of aliphatic hydroxyl groups excluding tert-OH is 1. The summed E-state index contributed by atoms with van der Waals surface area (Å²) in [5.41, 5.74) is 5.09. The normalized spacial score (nSPS) is 20.5. The van der Waals surface area contributed by atoms with Crippen molar-refractivity contribution in [2.75, 3.05) is 52.4 Å². The summed E-state index contributed by atoms with van der Waals surface area (Å²) in [7, 11) is 5.36. The van der Waals surface area contributed by atoms with Crippen molar-refractivity contribution in [1.29, 1.82) is 0 Å². The quantitative estimate of drug-likeness (QED) is 0.365. The zero-order chi connectivity index (χ0) is 32.2. The van der Waals surface area contributed by atoms with Crippen LogP contribution in [0.5, 0.6) is 0 Å². The molecule has 5 rings (SSSR count). The van der Waals surface area contributed by atoms with Crippen molar-refractivity contribution < 1.29 is 42.4 Å². The third kappa shape index (κ3) is 7.15. The molecule has 1 saturated heterocycles. The molecule has 0 radical (unpaired) electrons. The number of alkyl halides is 3. The molecule has 1 spiro atoms. The number of fused-ring (bicyclic) bond motifs is 2. The lowest BCUT2D eigenvalue weighted by atomic mass is 9.76. The third-order valence-electron chi connectivity index (χ3n) is 8.29. The first-order chi connectivity index (χ1) is 20.8. The maximum Gasteiger partial charge on any atom is 0.490 e. The van der Waals surface area contributed by atoms with Crippen molar-refractivity contribution in [2.24, 2.45) is 0 Å². The number of nitrogens with zero attached hydrogens (tertiary/aromatic N) is 4. The second-order valence-electron chi connectivity index (χ2n) is 11.1. The molecule has 0 saturated carbocycles. The minimum Gasteiger partial charge on any atom is -0.475 e. The molecule has 1 aromatic carbocycles. The second-order valence-corrected chi connectivity index (χ2v) is 11.1. The maximum atomic E-state index is 13.6. The van der Waals surface area contributed by atoms with Gasteiger partial charge in [-0.2, -0.15) is 13.2 Å². The van der Waals surface area contributed by atoms with Crippen LogP contribution in [0.4, 0.5) is 18.9 Å². The minimum absolute atomic E-state index is 0.167. The number of aliphatic hydroxyl groups is 1. The topological polar surface area (TPSA) is 129 Å². The molecule has 1 amide bonds. The summed E-state index contributed by atoms with van der Waals surface area (Å²) in [4.78, 5) is 31.0. The van der Waals surface area contributed by atoms with Crippen LogP contribution in [0.15, 0.2) is 42.7 Å². The van der Waals surface area contributed by atoms with Crippen LogP contribution in [0.1, 0.15) is 46.6 Å². The highest BCUT2D eigenvalue weighted by Crippen LogP contribution is 2.33. The van der Waals surface area contributed by atoms with Crippen molar-refractivity contribution in [3.05, 3.63) is 65.1 Å². The number of imidazole rings is 1. The first kappa shape index (κ1) is 33.2. The Balaban J connectivity index is 0.000000566. The van der Waals surface area contributed by atoms with Gasteiger partial charge in [-0.1, -0.05) is 24.3 Å². The Bertz CT molecular complexity index is 1480. The molecule has 3 aromatic rings. The van der Waals surface area contributed by atoms with Gasteiger partial charge in [-0.05, 0) is 37.0 Å². The molecule has 1 fully saturated rings. The summed E-state index contributed by atoms with van der Waals surface area (Å²) in [6.07, 6.45) is -0.741. The number of carboxylic acids is 1. The van der Waals surface area contributed by atoms with Crippen molar-refractivity contribution in [3.8, 4) is 0 Å². The number of carboxylic acid groups (broad SMARTS) is 1. The van der Waals surface area contributed by atoms with Gasteiger partial charge in [0, 0.05) is 65.4 Å². The number of carbonyl (C=O) groups excluding carboxylic acids is 1. The van der Waals surface area contributed by atoms with Crippen LogP contribution < -0.4 is 10.2 Å². The highest BCUT2D eigenvalue weighted by molar-refractivity contribution is 5.93. The molecular weight excluding hydrogens is 583 g/mol. The molecular formula is C30H38F3N5O6. The van der Waals surface area contributed by atoms with Gasteiger partial charge in [-0.15, -0.1) is 0 Å². The lowest BCUT2D eigenvalue weighted by molar-refractivity contribution is -0.192. The predicted octanol–water partition coefficient (Wildman–Crippen LogP) is 3.05. The number of anilines is 1. The predicted molar refractivity (Wildman–Crippen MR) is 156 cm³/mol. The Labute approximate surface area is 253 Å². The number of benzene rings is 1. The number of piperidine rings is 1. The van der Waals surface area contributed by atoms with E-state index in [-0.39, 0.29) is 18.6 Å². The van der Waals surface area contributed by atoms with Crippen LogP contribution >= 0.6 is 0 Å². The van der Waals surface area contributed by atoms with Crippen molar-refractivity contribution in [2.45, 2.75) is 50.2 Å². The fourth-order valence-corrected chi connectivity index (χ4v) is 5.52. The zero-order valence-electron chi connectivity index (χ0n) is 25.1. The number of methoxy groups -OCH3 is 2. The summed E-state index contributed by atoms with van der Waals surface area (Å²) < 4.78 is 44.5. The minimum atomic E-state index is -5.08. The van der Waals surface area contributed by atoms with E-state index in [0.29, 0.717) is 30.9 Å². The Hall–Kier alpha value is -3.72. The number of rotatable bonds is 7. The summed E-state index contributed by atoms with van der Waals surface area (Å²) in [6.45, 7) is 4.88. The van der Waals surface area contributed by atoms with Crippen LogP contribution in [-0.2, 0) is 27.2 Å². The Kier molecular flexibility index (Phi) is 10.2. The number of hydrogen-bond donors (Lipinski definition) is 3. The largest absolute Gasteiger partial charge is 0.490 e. The molecule has 2 aromatic heterocycles. The molecule has 2 aliphatic rings. The highest BCUT2D eigenvalue weighted by Gasteiger charge is 2.45. The van der Waals surface area contributed by atoms with Gasteiger partial charge >= 0.3 is 12.1 Å². The molecule has 14 heteroatoms. The first-order valence-electron chi connectivity index (χ1n) is 14.1. The van der Waals surface area contributed by atoms with Gasteiger partial charge < -0.3 is 39.2 Å². The molecule has 4 heterocycles. The number of hydrogen-bond acceptors (Lipinski definition) is 8. The standard InChI is InChI=1S/C28H37N5O4.C2HF3O2/c1-19(37-4)23-13-22(31(2)11-12-36-3)16-33-17-24(30-26(23)33)27(35)32-10-9-28(25(34)18-32)14-20-7-5-6-8-21(20)15-29-28;3-2(4,5)1(6)7/h5-8,13,16-17,19,25,29,34H,9-12,14-15,18H2,1-4H3;(H,6,7)/t19?,25-,28+;/m1./s1. The fraction of sp³-hybridized carbons (Fsp3) is 0.500. The number of likely N-dealkylation sites (tertiary alicyclic amines) is 1. The van der Waals surface area contributed by atoms with Gasteiger partial charge in [0.15, 0.2) is 0 Å². The number of ether oxygens (including phenoxy) is 2. The van der Waals surface area contributed by atoms with E-state index >= 15 is 0 Å². The first-order valence-corrected chi connectivity index (χ1v) is 14.1. The molecule has 0 bridgehead atoms. The van der Waals surface area contributed by atoms with Crippen LogP contribution in [0.2, 0.25) is 0 Å². The van der Waals surface area contributed by atoms with Gasteiger partial charge in [0.25, 0.3) is 5.91 Å². The SMILES string of the molecule is COCCN(C)c1cc(C(C)OC)c2nc(C(=O)N3CC[C@]4(Cc5ccccc5CN4)[C@H](O)C3)cn2c1.O=C(O)C(F)(F)F. The third-order valence-corrected chi connectivity index (χ3v) is 8.29. The molecule has 240 valence electrons. The monoisotopic (exact) mass is 621 g/mol. The molecule has 0 aliphatic carbocycles. The number of likely N-dealkylation sites (N-methyl/N-ethyl adjacent to an activating group) is 1. The Morgan fingerprint density at radius 1 is 1.23 bits per heavy atom. The van der Waals surface area contributed by atoms with Gasteiger partial charge in [0.05, 0.1) is 30.0 Å². The van der Waals surface area contributed by atoms with E-state index in [4.69, 9.17) is 24.4 Å². The number of carbonyl (C=O) groups is 2.